The normalized spacial score (nSPS) is 22.0. The first-order valence-electron chi connectivity index (χ1n) is 7.10. The number of H-pyrrole nitrogens is 1. The molecule has 110 valence electrons. The van der Waals surface area contributed by atoms with E-state index >= 15 is 0 Å². The highest BCUT2D eigenvalue weighted by atomic mass is 16.2. The lowest BCUT2D eigenvalue weighted by molar-refractivity contribution is -0.120. The van der Waals surface area contributed by atoms with Gasteiger partial charge in [-0.3, -0.25) is 20.2 Å². The summed E-state index contributed by atoms with van der Waals surface area (Å²) < 4.78 is 0. The van der Waals surface area contributed by atoms with Gasteiger partial charge in [-0.05, 0) is 38.4 Å². The lowest BCUT2D eigenvalue weighted by Gasteiger charge is -2.26. The van der Waals surface area contributed by atoms with E-state index in [9.17, 15) is 4.79 Å². The molecule has 0 bridgehead atoms. The fourth-order valence-electron chi connectivity index (χ4n) is 2.52. The minimum atomic E-state index is -0.0186. The lowest BCUT2D eigenvalue weighted by atomic mass is 9.92. The molecule has 21 heavy (non-hydrogen) atoms. The fourth-order valence-corrected chi connectivity index (χ4v) is 2.52. The van der Waals surface area contributed by atoms with Crippen LogP contribution < -0.4 is 10.6 Å². The molecule has 1 aliphatic rings. The van der Waals surface area contributed by atoms with Crippen LogP contribution in [0.2, 0.25) is 0 Å². The number of anilines is 1. The number of pyridine rings is 1. The topological polar surface area (TPSA) is 95.6 Å². The highest BCUT2D eigenvalue weighted by molar-refractivity contribution is 5.91. The van der Waals surface area contributed by atoms with Crippen molar-refractivity contribution >= 4 is 11.9 Å². The third-order valence-corrected chi connectivity index (χ3v) is 3.62. The quantitative estimate of drug-likeness (QED) is 0.788. The van der Waals surface area contributed by atoms with Gasteiger partial charge >= 0.3 is 0 Å². The summed E-state index contributed by atoms with van der Waals surface area (Å²) in [7, 11) is 0. The average molecular weight is 286 g/mol. The number of amides is 1. The Kier molecular flexibility index (Phi) is 3.92. The van der Waals surface area contributed by atoms with E-state index < -0.39 is 0 Å². The molecule has 0 aromatic carbocycles. The summed E-state index contributed by atoms with van der Waals surface area (Å²) in [5.74, 6) is 0.837. The molecule has 7 heteroatoms. The number of rotatable bonds is 3. The van der Waals surface area contributed by atoms with Crippen LogP contribution in [0.25, 0.3) is 11.5 Å². The zero-order valence-electron chi connectivity index (χ0n) is 11.8. The predicted octanol–water partition coefficient (Wildman–Crippen LogP) is 1.19. The molecule has 0 spiro atoms. The summed E-state index contributed by atoms with van der Waals surface area (Å²) in [6, 6.07) is 5.91. The van der Waals surface area contributed by atoms with Gasteiger partial charge in [-0.2, -0.15) is 4.98 Å². The first-order valence-corrected chi connectivity index (χ1v) is 7.10. The molecule has 1 saturated heterocycles. The molecule has 3 heterocycles. The third kappa shape index (κ3) is 3.25. The van der Waals surface area contributed by atoms with Gasteiger partial charge in [0.25, 0.3) is 0 Å². The van der Waals surface area contributed by atoms with E-state index in [0.29, 0.717) is 23.5 Å². The van der Waals surface area contributed by atoms with Gasteiger partial charge in [0.2, 0.25) is 11.9 Å². The van der Waals surface area contributed by atoms with Crippen LogP contribution in [0.5, 0.6) is 0 Å². The Hall–Kier alpha value is -2.28. The van der Waals surface area contributed by atoms with E-state index in [1.54, 1.807) is 6.20 Å². The number of aromatic nitrogens is 4. The van der Waals surface area contributed by atoms with Crippen LogP contribution in [-0.2, 0) is 4.79 Å². The van der Waals surface area contributed by atoms with E-state index in [4.69, 9.17) is 0 Å². The Labute approximate surface area is 122 Å². The van der Waals surface area contributed by atoms with Crippen molar-refractivity contribution in [3.05, 3.63) is 24.4 Å². The maximum atomic E-state index is 12.2. The lowest BCUT2D eigenvalue weighted by Crippen LogP contribution is -2.40. The van der Waals surface area contributed by atoms with Crippen LogP contribution in [0.4, 0.5) is 5.95 Å². The third-order valence-electron chi connectivity index (χ3n) is 3.62. The van der Waals surface area contributed by atoms with E-state index in [1.165, 1.54) is 0 Å². The SMILES string of the molecule is C[C@H]1C[C@@H](C(=O)Nc2n[nH]c(-c3ccccn3)n2)CCN1. The first kappa shape index (κ1) is 13.7. The number of carbonyl (C=O) groups excluding carboxylic acids is 1. The Morgan fingerprint density at radius 1 is 1.43 bits per heavy atom. The Morgan fingerprint density at radius 2 is 2.33 bits per heavy atom. The number of carbonyl (C=O) groups is 1. The number of piperidine rings is 1. The van der Waals surface area contributed by atoms with Crippen molar-refractivity contribution in [2.75, 3.05) is 11.9 Å². The van der Waals surface area contributed by atoms with Gasteiger partial charge in [0.15, 0.2) is 5.82 Å². The summed E-state index contributed by atoms with van der Waals surface area (Å²) in [5.41, 5.74) is 0.695. The molecule has 2 aromatic heterocycles. The van der Waals surface area contributed by atoms with Gasteiger partial charge < -0.3 is 5.32 Å². The number of hydrogen-bond acceptors (Lipinski definition) is 5. The van der Waals surface area contributed by atoms with E-state index in [1.807, 2.05) is 18.2 Å². The minimum Gasteiger partial charge on any atom is -0.314 e. The zero-order chi connectivity index (χ0) is 14.7. The molecule has 0 saturated carbocycles. The van der Waals surface area contributed by atoms with Crippen LogP contribution in [0, 0.1) is 5.92 Å². The largest absolute Gasteiger partial charge is 0.314 e. The summed E-state index contributed by atoms with van der Waals surface area (Å²) in [4.78, 5) is 20.7. The molecule has 2 atom stereocenters. The Bertz CT molecular complexity index is 611. The van der Waals surface area contributed by atoms with Gasteiger partial charge in [0.1, 0.15) is 5.69 Å². The van der Waals surface area contributed by atoms with Crippen LogP contribution >= 0.6 is 0 Å². The number of hydrogen-bond donors (Lipinski definition) is 3. The molecule has 1 aliphatic heterocycles. The van der Waals surface area contributed by atoms with Gasteiger partial charge in [0.05, 0.1) is 0 Å². The van der Waals surface area contributed by atoms with Gasteiger partial charge in [-0.15, -0.1) is 5.10 Å². The highest BCUT2D eigenvalue weighted by Gasteiger charge is 2.25. The Morgan fingerprint density at radius 3 is 3.10 bits per heavy atom. The van der Waals surface area contributed by atoms with Crippen LogP contribution in [0.3, 0.4) is 0 Å². The summed E-state index contributed by atoms with van der Waals surface area (Å²) >= 11 is 0. The van der Waals surface area contributed by atoms with Crippen molar-refractivity contribution in [3.63, 3.8) is 0 Å². The smallest absolute Gasteiger partial charge is 0.249 e. The van der Waals surface area contributed by atoms with E-state index in [2.05, 4.69) is 37.7 Å². The molecular weight excluding hydrogens is 268 g/mol. The molecule has 1 fully saturated rings. The average Bonchev–Trinajstić information content (AvgIpc) is 2.97. The molecule has 7 nitrogen and oxygen atoms in total. The summed E-state index contributed by atoms with van der Waals surface area (Å²) in [6.07, 6.45) is 3.36. The van der Waals surface area contributed by atoms with Gasteiger partial charge in [-0.1, -0.05) is 6.07 Å². The van der Waals surface area contributed by atoms with Crippen LogP contribution in [-0.4, -0.2) is 38.7 Å². The van der Waals surface area contributed by atoms with Crippen molar-refractivity contribution < 1.29 is 4.79 Å². The molecule has 0 aliphatic carbocycles. The monoisotopic (exact) mass is 286 g/mol. The van der Waals surface area contributed by atoms with Crippen LogP contribution in [0.15, 0.2) is 24.4 Å². The number of aromatic amines is 1. The van der Waals surface area contributed by atoms with Crippen molar-refractivity contribution in [2.24, 2.45) is 5.92 Å². The van der Waals surface area contributed by atoms with Crippen molar-refractivity contribution in [1.29, 1.82) is 0 Å². The van der Waals surface area contributed by atoms with Gasteiger partial charge in [-0.25, -0.2) is 0 Å². The number of nitrogens with zero attached hydrogens (tertiary/aromatic N) is 3. The molecule has 0 unspecified atom stereocenters. The van der Waals surface area contributed by atoms with Gasteiger partial charge in [0, 0.05) is 18.2 Å². The van der Waals surface area contributed by atoms with Crippen molar-refractivity contribution in [1.82, 2.24) is 25.5 Å². The summed E-state index contributed by atoms with van der Waals surface area (Å²) in [6.45, 7) is 2.96. The molecule has 3 rings (SSSR count). The second-order valence-corrected chi connectivity index (χ2v) is 5.29. The molecule has 0 radical (unpaired) electrons. The minimum absolute atomic E-state index is 0.0121. The number of nitrogens with one attached hydrogen (secondary N) is 3. The fraction of sp³-hybridized carbons (Fsp3) is 0.429. The summed E-state index contributed by atoms with van der Waals surface area (Å²) in [5, 5.41) is 12.9. The molecular formula is C14H18N6O. The van der Waals surface area contributed by atoms with Crippen molar-refractivity contribution in [3.8, 4) is 11.5 Å². The molecule has 1 amide bonds. The highest BCUT2D eigenvalue weighted by Crippen LogP contribution is 2.18. The maximum absolute atomic E-state index is 12.2. The Balaban J connectivity index is 1.66. The second-order valence-electron chi connectivity index (χ2n) is 5.29. The standard InChI is InChI=1S/C14H18N6O/c1-9-8-10(5-7-15-9)13(21)18-14-17-12(19-20-14)11-4-2-3-6-16-11/h2-4,6,9-10,15H,5,7-8H2,1H3,(H2,17,18,19,20,21)/t9-,10-/m0/s1. The van der Waals surface area contributed by atoms with E-state index in [-0.39, 0.29) is 11.8 Å². The van der Waals surface area contributed by atoms with E-state index in [0.717, 1.165) is 19.4 Å². The molecule has 2 aromatic rings. The zero-order valence-corrected chi connectivity index (χ0v) is 11.8. The van der Waals surface area contributed by atoms with Crippen molar-refractivity contribution in [2.45, 2.75) is 25.8 Å². The predicted molar refractivity (Wildman–Crippen MR) is 78.4 cm³/mol. The maximum Gasteiger partial charge on any atom is 0.249 e. The molecule has 3 N–H and O–H groups in total. The van der Waals surface area contributed by atoms with Crippen LogP contribution in [0.1, 0.15) is 19.8 Å². The first-order chi connectivity index (χ1) is 10.2. The second kappa shape index (κ2) is 6.01.